The highest BCUT2D eigenvalue weighted by molar-refractivity contribution is 7.19. The molecule has 3 aromatic rings. The molecule has 3 heterocycles. The van der Waals surface area contributed by atoms with Crippen molar-refractivity contribution in [2.45, 2.75) is 65.8 Å². The lowest BCUT2D eigenvalue weighted by atomic mass is 9.93. The summed E-state index contributed by atoms with van der Waals surface area (Å²) < 4.78 is 0. The van der Waals surface area contributed by atoms with Crippen LogP contribution in [0.5, 0.6) is 0 Å². The first kappa shape index (κ1) is 28.2. The number of anilines is 2. The largest absolute Gasteiger partial charge is 0.351 e. The topological polar surface area (TPSA) is 57.2 Å². The normalized spacial score (nSPS) is 16.7. The third-order valence-electron chi connectivity index (χ3n) is 7.01. The molecule has 0 spiro atoms. The van der Waals surface area contributed by atoms with E-state index in [4.69, 9.17) is 9.97 Å². The van der Waals surface area contributed by atoms with Crippen molar-refractivity contribution in [1.82, 2.24) is 19.9 Å². The fraction of sp³-hybridized carbons (Fsp3) is 0.516. The fourth-order valence-electron chi connectivity index (χ4n) is 4.84. The van der Waals surface area contributed by atoms with E-state index >= 15 is 0 Å². The number of thiazole rings is 1. The maximum atomic E-state index is 5.12. The number of aromatic nitrogens is 3. The van der Waals surface area contributed by atoms with Gasteiger partial charge in [-0.2, -0.15) is 0 Å². The maximum absolute atomic E-state index is 5.12. The molecule has 1 saturated carbocycles. The van der Waals surface area contributed by atoms with Crippen LogP contribution >= 0.6 is 11.3 Å². The zero-order valence-corrected chi connectivity index (χ0v) is 24.7. The van der Waals surface area contributed by atoms with Gasteiger partial charge in [0.15, 0.2) is 5.13 Å². The summed E-state index contributed by atoms with van der Waals surface area (Å²) in [6.45, 7) is 16.5. The van der Waals surface area contributed by atoms with Crippen molar-refractivity contribution in [2.75, 3.05) is 43.4 Å². The molecule has 2 aliphatic rings. The molecule has 1 aromatic carbocycles. The second-order valence-corrected chi connectivity index (χ2v) is 12.8. The van der Waals surface area contributed by atoms with Crippen molar-refractivity contribution in [3.05, 3.63) is 54.7 Å². The van der Waals surface area contributed by atoms with Gasteiger partial charge in [-0.3, -0.25) is 0 Å². The minimum absolute atomic E-state index is 0.432. The van der Waals surface area contributed by atoms with Gasteiger partial charge in [0, 0.05) is 44.0 Å². The van der Waals surface area contributed by atoms with E-state index in [0.29, 0.717) is 11.5 Å². The Bertz CT molecular complexity index is 1180. The van der Waals surface area contributed by atoms with Crippen LogP contribution in [0, 0.1) is 12.3 Å². The predicted molar refractivity (Wildman–Crippen MR) is 163 cm³/mol. The third kappa shape index (κ3) is 7.87. The second-order valence-electron chi connectivity index (χ2n) is 11.8. The van der Waals surface area contributed by atoms with E-state index in [1.54, 1.807) is 11.3 Å². The molecule has 1 saturated heterocycles. The Morgan fingerprint density at radius 3 is 2.45 bits per heavy atom. The van der Waals surface area contributed by atoms with Crippen LogP contribution in [0.15, 0.2) is 49.2 Å². The van der Waals surface area contributed by atoms with Gasteiger partial charge in [0.2, 0.25) is 5.95 Å². The van der Waals surface area contributed by atoms with Crippen molar-refractivity contribution in [1.29, 1.82) is 0 Å². The first-order valence-corrected chi connectivity index (χ1v) is 14.8. The Morgan fingerprint density at radius 1 is 1.08 bits per heavy atom. The van der Waals surface area contributed by atoms with E-state index < -0.39 is 0 Å². The Balaban J connectivity index is 0.000000426. The number of likely N-dealkylation sites (N-methyl/N-ethyl adjacent to an activating group) is 1. The molecule has 0 atom stereocenters. The van der Waals surface area contributed by atoms with E-state index in [1.165, 1.54) is 31.2 Å². The van der Waals surface area contributed by atoms with Crippen LogP contribution in [0.3, 0.4) is 0 Å². The molecule has 0 bridgehead atoms. The minimum atomic E-state index is 0.432. The summed E-state index contributed by atoms with van der Waals surface area (Å²) in [7, 11) is 2.18. The van der Waals surface area contributed by atoms with Crippen molar-refractivity contribution in [2.24, 2.45) is 5.41 Å². The highest BCUT2D eigenvalue weighted by Gasteiger charge is 2.23. The van der Waals surface area contributed by atoms with Crippen LogP contribution < -0.4 is 10.2 Å². The highest BCUT2D eigenvalue weighted by Crippen LogP contribution is 2.40. The number of benzene rings is 1. The zero-order chi connectivity index (χ0) is 27.1. The van der Waals surface area contributed by atoms with Gasteiger partial charge >= 0.3 is 0 Å². The van der Waals surface area contributed by atoms with Crippen LogP contribution in [0.4, 0.5) is 11.1 Å². The number of piperazine rings is 1. The lowest BCUT2D eigenvalue weighted by Gasteiger charge is -2.32. The van der Waals surface area contributed by atoms with Gasteiger partial charge in [0.05, 0.1) is 16.3 Å². The molecule has 0 amide bonds. The van der Waals surface area contributed by atoms with E-state index in [-0.39, 0.29) is 0 Å². The smallest absolute Gasteiger partial charge is 0.223 e. The summed E-state index contributed by atoms with van der Waals surface area (Å²) in [5.41, 5.74) is 4.79. The van der Waals surface area contributed by atoms with Gasteiger partial charge in [0.25, 0.3) is 0 Å². The number of hydrogen-bond donors (Lipinski definition) is 1. The number of allylic oxidation sites excluding steroid dienone is 1. The van der Waals surface area contributed by atoms with Gasteiger partial charge in [-0.05, 0) is 50.8 Å². The first-order chi connectivity index (χ1) is 18.2. The van der Waals surface area contributed by atoms with Crippen LogP contribution in [-0.2, 0) is 0 Å². The standard InChI is InChI=1S/C24H30N6S.C7H14/c1-17-6-5-7-18(16-17)21-22(31-24(28-21)30-14-12-29(2)13-15-30)20-10-11-25-23(27-20)26-19-8-3-4-9-19;1-5-6-7(2,3)4/h5-7,10-11,16,19H,3-4,8-9,12-15H2,1-2H3,(H,25,26,27);5H,1,6H2,2-4H3. The number of hydrogen-bond acceptors (Lipinski definition) is 7. The molecule has 38 heavy (non-hydrogen) atoms. The van der Waals surface area contributed by atoms with Gasteiger partial charge in [-0.1, -0.05) is 74.8 Å². The second kappa shape index (κ2) is 12.9. The summed E-state index contributed by atoms with van der Waals surface area (Å²) in [5.74, 6) is 0.731. The highest BCUT2D eigenvalue weighted by atomic mass is 32.1. The van der Waals surface area contributed by atoms with Gasteiger partial charge in [0.1, 0.15) is 0 Å². The molecule has 0 unspecified atom stereocenters. The molecule has 2 aromatic heterocycles. The molecule has 7 heteroatoms. The van der Waals surface area contributed by atoms with E-state index in [1.807, 2.05) is 18.3 Å². The molecular weight excluding hydrogens is 488 g/mol. The molecule has 2 fully saturated rings. The van der Waals surface area contributed by atoms with Crippen LogP contribution in [0.25, 0.3) is 21.8 Å². The number of nitrogens with zero attached hydrogens (tertiary/aromatic N) is 5. The summed E-state index contributed by atoms with van der Waals surface area (Å²) in [6.07, 6.45) is 9.92. The molecule has 1 N–H and O–H groups in total. The molecule has 0 radical (unpaired) electrons. The zero-order valence-electron chi connectivity index (χ0n) is 23.8. The monoisotopic (exact) mass is 532 g/mol. The van der Waals surface area contributed by atoms with Crippen molar-refractivity contribution < 1.29 is 0 Å². The molecule has 6 nitrogen and oxygen atoms in total. The lowest BCUT2D eigenvalue weighted by molar-refractivity contribution is 0.313. The Labute approximate surface area is 233 Å². The minimum Gasteiger partial charge on any atom is -0.351 e. The molecule has 204 valence electrons. The van der Waals surface area contributed by atoms with Crippen LogP contribution in [0.2, 0.25) is 0 Å². The Morgan fingerprint density at radius 2 is 1.82 bits per heavy atom. The van der Waals surface area contributed by atoms with Crippen LogP contribution in [-0.4, -0.2) is 59.1 Å². The quantitative estimate of drug-likeness (QED) is 0.336. The molecule has 1 aliphatic heterocycles. The average Bonchev–Trinajstić information content (AvgIpc) is 3.55. The number of rotatable bonds is 6. The van der Waals surface area contributed by atoms with Gasteiger partial charge in [-0.25, -0.2) is 15.0 Å². The summed E-state index contributed by atoms with van der Waals surface area (Å²) >= 11 is 1.75. The van der Waals surface area contributed by atoms with E-state index in [2.05, 4.69) is 85.7 Å². The molecule has 1 aliphatic carbocycles. The molecule has 5 rings (SSSR count). The first-order valence-electron chi connectivity index (χ1n) is 13.9. The summed E-state index contributed by atoms with van der Waals surface area (Å²) in [4.78, 5) is 20.4. The van der Waals surface area contributed by atoms with Crippen LogP contribution in [0.1, 0.15) is 58.4 Å². The molecular formula is C31H44N6S. The van der Waals surface area contributed by atoms with Gasteiger partial charge < -0.3 is 15.1 Å². The average molecular weight is 533 g/mol. The van der Waals surface area contributed by atoms with Crippen molar-refractivity contribution in [3.8, 4) is 21.8 Å². The number of nitrogens with one attached hydrogen (secondary N) is 1. The van der Waals surface area contributed by atoms with Gasteiger partial charge in [-0.15, -0.1) is 6.58 Å². The predicted octanol–water partition coefficient (Wildman–Crippen LogP) is 7.29. The third-order valence-corrected chi connectivity index (χ3v) is 8.15. The van der Waals surface area contributed by atoms with E-state index in [9.17, 15) is 0 Å². The SMILES string of the molecule is C=CCC(C)(C)C.Cc1cccc(-c2nc(N3CCN(C)CC3)sc2-c2ccnc(NC3CCCC3)n2)c1. The van der Waals surface area contributed by atoms with E-state index in [0.717, 1.165) is 65.5 Å². The van der Waals surface area contributed by atoms with Crippen molar-refractivity contribution >= 4 is 22.4 Å². The lowest BCUT2D eigenvalue weighted by Crippen LogP contribution is -2.44. The number of aryl methyl sites for hydroxylation is 1. The summed E-state index contributed by atoms with van der Waals surface area (Å²) in [5, 5.41) is 4.63. The maximum Gasteiger partial charge on any atom is 0.223 e. The fourth-order valence-corrected chi connectivity index (χ4v) is 5.95. The van der Waals surface area contributed by atoms with Crippen molar-refractivity contribution in [3.63, 3.8) is 0 Å². The Kier molecular flexibility index (Phi) is 9.55. The summed E-state index contributed by atoms with van der Waals surface area (Å²) in [6, 6.07) is 11.1. The Hall–Kier alpha value is -2.77.